The van der Waals surface area contributed by atoms with Gasteiger partial charge in [-0.2, -0.15) is 5.10 Å². The second-order valence-corrected chi connectivity index (χ2v) is 4.85. The Morgan fingerprint density at radius 2 is 2.00 bits per heavy atom. The molecule has 0 saturated heterocycles. The molecule has 2 rings (SSSR count). The summed E-state index contributed by atoms with van der Waals surface area (Å²) in [5, 5.41) is 15.7. The molecule has 1 heterocycles. The lowest BCUT2D eigenvalue weighted by molar-refractivity contribution is -0.385. The maximum absolute atomic E-state index is 11.0. The Labute approximate surface area is 125 Å². The van der Waals surface area contributed by atoms with Crippen LogP contribution in [0.3, 0.4) is 0 Å². The third-order valence-corrected chi connectivity index (χ3v) is 3.27. The van der Waals surface area contributed by atoms with Crippen molar-refractivity contribution < 1.29 is 9.66 Å². The lowest BCUT2D eigenvalue weighted by Crippen LogP contribution is -2.02. The number of hydrogen-bond donors (Lipinski definition) is 0. The van der Waals surface area contributed by atoms with Crippen molar-refractivity contribution >= 4 is 28.9 Å². The van der Waals surface area contributed by atoms with Gasteiger partial charge in [-0.1, -0.05) is 35.3 Å². The van der Waals surface area contributed by atoms with Crippen LogP contribution in [0.4, 0.5) is 5.69 Å². The Hall–Kier alpha value is -1.63. The molecule has 0 amide bonds. The van der Waals surface area contributed by atoms with Crippen LogP contribution in [0.1, 0.15) is 11.3 Å². The van der Waals surface area contributed by atoms with E-state index in [1.54, 1.807) is 12.1 Å². The Morgan fingerprint density at radius 3 is 2.55 bits per heavy atom. The minimum absolute atomic E-state index is 0.0167. The van der Waals surface area contributed by atoms with E-state index in [-0.39, 0.29) is 23.1 Å². The highest BCUT2D eigenvalue weighted by Gasteiger charge is 2.26. The van der Waals surface area contributed by atoms with Crippen LogP contribution in [0, 0.1) is 10.1 Å². The average Bonchev–Trinajstić information content (AvgIpc) is 2.69. The lowest BCUT2D eigenvalue weighted by atomic mass is 10.2. The van der Waals surface area contributed by atoms with Crippen LogP contribution in [0.25, 0.3) is 0 Å². The van der Waals surface area contributed by atoms with Gasteiger partial charge in [0.25, 0.3) is 0 Å². The third-order valence-electron chi connectivity index (χ3n) is 2.65. The molecule has 6 nitrogen and oxygen atoms in total. The highest BCUT2D eigenvalue weighted by atomic mass is 35.5. The SMILES string of the molecule is COCc1nn(Cc2ccc(Cl)cc2)c(Cl)c1[N+](=O)[O-]. The summed E-state index contributed by atoms with van der Waals surface area (Å²) in [4.78, 5) is 10.5. The van der Waals surface area contributed by atoms with Crippen LogP contribution >= 0.6 is 23.2 Å². The molecule has 0 saturated carbocycles. The molecule has 0 N–H and O–H groups in total. The molecule has 0 fully saturated rings. The van der Waals surface area contributed by atoms with Crippen molar-refractivity contribution in [1.29, 1.82) is 0 Å². The van der Waals surface area contributed by atoms with Crippen molar-refractivity contribution in [3.63, 3.8) is 0 Å². The molecule has 1 aromatic heterocycles. The molecule has 0 radical (unpaired) electrons. The first kappa shape index (κ1) is 14.8. The van der Waals surface area contributed by atoms with Gasteiger partial charge < -0.3 is 4.74 Å². The normalized spacial score (nSPS) is 10.8. The van der Waals surface area contributed by atoms with Gasteiger partial charge in [0.1, 0.15) is 0 Å². The molecular weight excluding hydrogens is 305 g/mol. The van der Waals surface area contributed by atoms with Crippen LogP contribution < -0.4 is 0 Å². The second-order valence-electron chi connectivity index (χ2n) is 4.06. The van der Waals surface area contributed by atoms with Crippen LogP contribution in [-0.4, -0.2) is 21.8 Å². The highest BCUT2D eigenvalue weighted by Crippen LogP contribution is 2.29. The van der Waals surface area contributed by atoms with E-state index < -0.39 is 4.92 Å². The summed E-state index contributed by atoms with van der Waals surface area (Å²) in [6, 6.07) is 7.09. The summed E-state index contributed by atoms with van der Waals surface area (Å²) in [6.07, 6.45) is 0. The Bertz CT molecular complexity index is 626. The first-order valence-corrected chi connectivity index (χ1v) is 6.41. The molecular formula is C12H11Cl2N3O3. The maximum Gasteiger partial charge on any atom is 0.331 e. The monoisotopic (exact) mass is 315 g/mol. The van der Waals surface area contributed by atoms with Gasteiger partial charge in [0.05, 0.1) is 18.1 Å². The Morgan fingerprint density at radius 1 is 1.35 bits per heavy atom. The van der Waals surface area contributed by atoms with Crippen molar-refractivity contribution in [2.45, 2.75) is 13.2 Å². The van der Waals surface area contributed by atoms with Gasteiger partial charge in [0.2, 0.25) is 5.15 Å². The Kier molecular flexibility index (Phi) is 4.59. The number of nitro groups is 1. The molecule has 0 unspecified atom stereocenters. The lowest BCUT2D eigenvalue weighted by Gasteiger charge is -2.02. The first-order valence-electron chi connectivity index (χ1n) is 5.66. The molecule has 0 aliphatic heterocycles. The van der Waals surface area contributed by atoms with E-state index in [1.165, 1.54) is 11.8 Å². The van der Waals surface area contributed by atoms with Crippen molar-refractivity contribution in [3.8, 4) is 0 Å². The van der Waals surface area contributed by atoms with Crippen LogP contribution in [-0.2, 0) is 17.9 Å². The van der Waals surface area contributed by atoms with Gasteiger partial charge in [-0.3, -0.25) is 10.1 Å². The number of benzene rings is 1. The minimum Gasteiger partial charge on any atom is -0.378 e. The molecule has 8 heteroatoms. The van der Waals surface area contributed by atoms with Crippen molar-refractivity contribution in [2.75, 3.05) is 7.11 Å². The topological polar surface area (TPSA) is 70.2 Å². The van der Waals surface area contributed by atoms with E-state index in [1.807, 2.05) is 12.1 Å². The molecule has 1 aromatic carbocycles. The number of hydrogen-bond acceptors (Lipinski definition) is 4. The van der Waals surface area contributed by atoms with Gasteiger partial charge in [-0.25, -0.2) is 4.68 Å². The van der Waals surface area contributed by atoms with E-state index >= 15 is 0 Å². The summed E-state index contributed by atoms with van der Waals surface area (Å²) in [6.45, 7) is 0.351. The second kappa shape index (κ2) is 6.21. The molecule has 0 atom stereocenters. The largest absolute Gasteiger partial charge is 0.378 e. The standard InChI is InChI=1S/C12H11Cl2N3O3/c1-20-7-10-11(17(18)19)12(14)16(15-10)6-8-2-4-9(13)5-3-8/h2-5H,6-7H2,1H3. The molecule has 106 valence electrons. The summed E-state index contributed by atoms with van der Waals surface area (Å²) in [7, 11) is 1.44. The van der Waals surface area contributed by atoms with E-state index in [0.29, 0.717) is 11.6 Å². The molecule has 2 aromatic rings. The number of methoxy groups -OCH3 is 1. The van der Waals surface area contributed by atoms with Crippen LogP contribution in [0.2, 0.25) is 10.2 Å². The summed E-state index contributed by atoms with van der Waals surface area (Å²) in [5.41, 5.74) is 0.872. The zero-order chi connectivity index (χ0) is 14.7. The maximum atomic E-state index is 11.0. The number of rotatable bonds is 5. The predicted octanol–water partition coefficient (Wildman–Crippen LogP) is 3.29. The molecule has 0 bridgehead atoms. The van der Waals surface area contributed by atoms with Crippen LogP contribution in [0.15, 0.2) is 24.3 Å². The van der Waals surface area contributed by atoms with Gasteiger partial charge in [0, 0.05) is 12.1 Å². The minimum atomic E-state index is -0.554. The summed E-state index contributed by atoms with van der Waals surface area (Å²) >= 11 is 11.8. The van der Waals surface area contributed by atoms with Gasteiger partial charge in [0.15, 0.2) is 5.69 Å². The smallest absolute Gasteiger partial charge is 0.331 e. The van der Waals surface area contributed by atoms with Gasteiger partial charge in [-0.05, 0) is 17.7 Å². The average molecular weight is 316 g/mol. The third kappa shape index (κ3) is 3.09. The number of halogens is 2. The quantitative estimate of drug-likeness (QED) is 0.627. The van der Waals surface area contributed by atoms with Crippen molar-refractivity contribution in [1.82, 2.24) is 9.78 Å². The van der Waals surface area contributed by atoms with E-state index in [4.69, 9.17) is 27.9 Å². The molecule has 20 heavy (non-hydrogen) atoms. The Balaban J connectivity index is 2.34. The van der Waals surface area contributed by atoms with Crippen molar-refractivity contribution in [2.24, 2.45) is 0 Å². The highest BCUT2D eigenvalue weighted by molar-refractivity contribution is 6.31. The first-order chi connectivity index (χ1) is 9.52. The van der Waals surface area contributed by atoms with Gasteiger partial charge in [-0.15, -0.1) is 0 Å². The predicted molar refractivity (Wildman–Crippen MR) is 75.2 cm³/mol. The van der Waals surface area contributed by atoms with Crippen molar-refractivity contribution in [3.05, 3.63) is 55.8 Å². The fourth-order valence-electron chi connectivity index (χ4n) is 1.76. The van der Waals surface area contributed by atoms with E-state index in [2.05, 4.69) is 5.10 Å². The van der Waals surface area contributed by atoms with Gasteiger partial charge >= 0.3 is 5.69 Å². The number of aromatic nitrogens is 2. The molecule has 0 spiro atoms. The summed E-state index contributed by atoms with van der Waals surface area (Å²) < 4.78 is 6.27. The summed E-state index contributed by atoms with van der Waals surface area (Å²) in [5.74, 6) is 0. The fraction of sp³-hybridized carbons (Fsp3) is 0.250. The van der Waals surface area contributed by atoms with E-state index in [0.717, 1.165) is 5.56 Å². The number of nitrogens with zero attached hydrogens (tertiary/aromatic N) is 3. The van der Waals surface area contributed by atoms with E-state index in [9.17, 15) is 10.1 Å². The zero-order valence-corrected chi connectivity index (χ0v) is 12.1. The zero-order valence-electron chi connectivity index (χ0n) is 10.5. The molecule has 0 aliphatic rings. The number of ether oxygens (including phenoxy) is 1. The fourth-order valence-corrected chi connectivity index (χ4v) is 2.16. The van der Waals surface area contributed by atoms with Crippen LogP contribution in [0.5, 0.6) is 0 Å². The molecule has 0 aliphatic carbocycles.